The summed E-state index contributed by atoms with van der Waals surface area (Å²) in [5.41, 5.74) is 1.25. The van der Waals surface area contributed by atoms with E-state index < -0.39 is 17.8 Å². The van der Waals surface area contributed by atoms with Crippen LogP contribution < -0.4 is 9.47 Å². The van der Waals surface area contributed by atoms with E-state index >= 15 is 0 Å². The fourth-order valence-corrected chi connectivity index (χ4v) is 2.20. The van der Waals surface area contributed by atoms with Gasteiger partial charge in [-0.3, -0.25) is 9.59 Å². The van der Waals surface area contributed by atoms with Gasteiger partial charge in [-0.1, -0.05) is 0 Å². The van der Waals surface area contributed by atoms with Crippen LogP contribution in [0.2, 0.25) is 0 Å². The first kappa shape index (κ1) is 13.4. The third kappa shape index (κ3) is 2.41. The molecule has 1 aromatic rings. The van der Waals surface area contributed by atoms with Gasteiger partial charge in [0.15, 0.2) is 5.78 Å². The number of hydrogen-bond donors (Lipinski definition) is 1. The van der Waals surface area contributed by atoms with Crippen molar-refractivity contribution in [3.05, 3.63) is 23.3 Å². The third-order valence-corrected chi connectivity index (χ3v) is 3.43. The number of carboxylic acids is 1. The van der Waals surface area contributed by atoms with Crippen LogP contribution >= 0.6 is 0 Å². The Kier molecular flexibility index (Phi) is 3.46. The number of ketones is 1. The summed E-state index contributed by atoms with van der Waals surface area (Å²) in [7, 11) is 3.01. The smallest absolute Gasteiger partial charge is 0.307 e. The molecule has 2 unspecified atom stereocenters. The van der Waals surface area contributed by atoms with Crippen molar-refractivity contribution in [3.63, 3.8) is 0 Å². The maximum absolute atomic E-state index is 12.3. The number of aryl methyl sites for hydroxylation is 1. The Morgan fingerprint density at radius 1 is 1.16 bits per heavy atom. The molecule has 0 aromatic heterocycles. The Balaban J connectivity index is 2.33. The third-order valence-electron chi connectivity index (χ3n) is 3.43. The van der Waals surface area contributed by atoms with Gasteiger partial charge in [-0.25, -0.2) is 0 Å². The molecule has 102 valence electrons. The molecule has 1 aliphatic carbocycles. The molecule has 2 rings (SSSR count). The lowest BCUT2D eigenvalue weighted by Gasteiger charge is -2.12. The summed E-state index contributed by atoms with van der Waals surface area (Å²) < 4.78 is 10.4. The number of methoxy groups -OCH3 is 2. The van der Waals surface area contributed by atoms with Crippen LogP contribution in [0.5, 0.6) is 11.5 Å². The van der Waals surface area contributed by atoms with E-state index in [0.29, 0.717) is 23.5 Å². The SMILES string of the molecule is COc1cc(C(=O)C2CC2C(=O)O)c(OC)cc1C. The summed E-state index contributed by atoms with van der Waals surface area (Å²) in [5, 5.41) is 8.88. The van der Waals surface area contributed by atoms with Crippen molar-refractivity contribution >= 4 is 11.8 Å². The molecule has 0 spiro atoms. The zero-order valence-electron chi connectivity index (χ0n) is 11.1. The summed E-state index contributed by atoms with van der Waals surface area (Å²) in [6.45, 7) is 1.85. The van der Waals surface area contributed by atoms with Gasteiger partial charge >= 0.3 is 5.97 Å². The van der Waals surface area contributed by atoms with E-state index in [1.165, 1.54) is 14.2 Å². The van der Waals surface area contributed by atoms with Crippen LogP contribution in [-0.4, -0.2) is 31.1 Å². The van der Waals surface area contributed by atoms with Gasteiger partial charge in [0.05, 0.1) is 25.7 Å². The van der Waals surface area contributed by atoms with Crippen LogP contribution in [0.1, 0.15) is 22.3 Å². The second-order valence-electron chi connectivity index (χ2n) is 4.67. The van der Waals surface area contributed by atoms with Crippen LogP contribution in [-0.2, 0) is 4.79 Å². The van der Waals surface area contributed by atoms with Gasteiger partial charge in [-0.05, 0) is 31.0 Å². The van der Waals surface area contributed by atoms with Crippen LogP contribution in [0.4, 0.5) is 0 Å². The maximum Gasteiger partial charge on any atom is 0.307 e. The first-order chi connectivity index (χ1) is 8.99. The van der Waals surface area contributed by atoms with Crippen LogP contribution in [0, 0.1) is 18.8 Å². The summed E-state index contributed by atoms with van der Waals surface area (Å²) >= 11 is 0. The Labute approximate surface area is 111 Å². The number of aliphatic carboxylic acids is 1. The molecule has 19 heavy (non-hydrogen) atoms. The molecule has 0 aliphatic heterocycles. The molecule has 1 N–H and O–H groups in total. The van der Waals surface area contributed by atoms with Gasteiger partial charge in [0, 0.05) is 5.92 Å². The van der Waals surface area contributed by atoms with Crippen molar-refractivity contribution in [1.82, 2.24) is 0 Å². The van der Waals surface area contributed by atoms with E-state index in [1.54, 1.807) is 12.1 Å². The quantitative estimate of drug-likeness (QED) is 0.822. The van der Waals surface area contributed by atoms with Gasteiger partial charge in [0.1, 0.15) is 11.5 Å². The van der Waals surface area contributed by atoms with E-state index in [0.717, 1.165) is 5.56 Å². The fraction of sp³-hybridized carbons (Fsp3) is 0.429. The van der Waals surface area contributed by atoms with Crippen LogP contribution in [0.25, 0.3) is 0 Å². The monoisotopic (exact) mass is 264 g/mol. The van der Waals surface area contributed by atoms with Crippen molar-refractivity contribution in [2.24, 2.45) is 11.8 Å². The van der Waals surface area contributed by atoms with Crippen molar-refractivity contribution in [1.29, 1.82) is 0 Å². The number of carbonyl (C=O) groups is 2. The number of Topliss-reactive ketones (excluding diaryl/α,β-unsaturated/α-hetero) is 1. The number of ether oxygens (including phenoxy) is 2. The van der Waals surface area contributed by atoms with Gasteiger partial charge in [-0.15, -0.1) is 0 Å². The number of carboxylic acid groups (broad SMARTS) is 1. The molecule has 1 aliphatic rings. The molecule has 5 heteroatoms. The molecule has 1 saturated carbocycles. The molecule has 0 heterocycles. The van der Waals surface area contributed by atoms with E-state index in [-0.39, 0.29) is 5.78 Å². The Morgan fingerprint density at radius 3 is 2.26 bits per heavy atom. The lowest BCUT2D eigenvalue weighted by atomic mass is 10.0. The Bertz CT molecular complexity index is 535. The highest BCUT2D eigenvalue weighted by Gasteiger charge is 2.49. The highest BCUT2D eigenvalue weighted by Crippen LogP contribution is 2.43. The molecular formula is C14H16O5. The first-order valence-electron chi connectivity index (χ1n) is 5.99. The molecule has 0 amide bonds. The molecule has 0 bridgehead atoms. The van der Waals surface area contributed by atoms with Gasteiger partial charge in [-0.2, -0.15) is 0 Å². The molecule has 0 radical (unpaired) electrons. The zero-order chi connectivity index (χ0) is 14.2. The number of rotatable bonds is 5. The lowest BCUT2D eigenvalue weighted by molar-refractivity contribution is -0.138. The standard InChI is InChI=1S/C14H16O5/c1-7-4-12(19-3)10(6-11(7)18-2)13(15)8-5-9(8)14(16)17/h4,6,8-9H,5H2,1-3H3,(H,16,17). The van der Waals surface area contributed by atoms with Crippen LogP contribution in [0.15, 0.2) is 12.1 Å². The predicted octanol–water partition coefficient (Wildman–Crippen LogP) is 1.92. The number of hydrogen-bond acceptors (Lipinski definition) is 4. The molecule has 5 nitrogen and oxygen atoms in total. The molecular weight excluding hydrogens is 248 g/mol. The average Bonchev–Trinajstić information content (AvgIpc) is 3.17. The van der Waals surface area contributed by atoms with Crippen molar-refractivity contribution in [3.8, 4) is 11.5 Å². The normalized spacial score (nSPS) is 20.8. The van der Waals surface area contributed by atoms with E-state index in [1.807, 2.05) is 6.92 Å². The first-order valence-corrected chi connectivity index (χ1v) is 5.99. The molecule has 1 fully saturated rings. The maximum atomic E-state index is 12.3. The summed E-state index contributed by atoms with van der Waals surface area (Å²) in [6.07, 6.45) is 0.396. The van der Waals surface area contributed by atoms with E-state index in [2.05, 4.69) is 0 Å². The van der Waals surface area contributed by atoms with Crippen LogP contribution in [0.3, 0.4) is 0 Å². The molecule has 1 aromatic carbocycles. The topological polar surface area (TPSA) is 72.8 Å². The van der Waals surface area contributed by atoms with Gasteiger partial charge < -0.3 is 14.6 Å². The average molecular weight is 264 g/mol. The van der Waals surface area contributed by atoms with Crippen molar-refractivity contribution in [2.45, 2.75) is 13.3 Å². The lowest BCUT2D eigenvalue weighted by Crippen LogP contribution is -2.10. The summed E-state index contributed by atoms with van der Waals surface area (Å²) in [6, 6.07) is 3.35. The predicted molar refractivity (Wildman–Crippen MR) is 67.8 cm³/mol. The zero-order valence-corrected chi connectivity index (χ0v) is 11.1. The summed E-state index contributed by atoms with van der Waals surface area (Å²) in [5.74, 6) is -1.07. The number of benzene rings is 1. The Hall–Kier alpha value is -2.04. The second kappa shape index (κ2) is 4.91. The van der Waals surface area contributed by atoms with Crippen molar-refractivity contribution < 1.29 is 24.2 Å². The highest BCUT2D eigenvalue weighted by atomic mass is 16.5. The minimum absolute atomic E-state index is 0.192. The minimum atomic E-state index is -0.920. The van der Waals surface area contributed by atoms with E-state index in [9.17, 15) is 9.59 Å². The Morgan fingerprint density at radius 2 is 1.79 bits per heavy atom. The van der Waals surface area contributed by atoms with E-state index in [4.69, 9.17) is 14.6 Å². The largest absolute Gasteiger partial charge is 0.496 e. The van der Waals surface area contributed by atoms with Crippen molar-refractivity contribution in [2.75, 3.05) is 14.2 Å². The molecule has 2 atom stereocenters. The highest BCUT2D eigenvalue weighted by molar-refractivity contribution is 6.05. The number of carbonyl (C=O) groups excluding carboxylic acids is 1. The second-order valence-corrected chi connectivity index (χ2v) is 4.67. The summed E-state index contributed by atoms with van der Waals surface area (Å²) in [4.78, 5) is 23.1. The van der Waals surface area contributed by atoms with Gasteiger partial charge in [0.25, 0.3) is 0 Å². The minimum Gasteiger partial charge on any atom is -0.496 e. The fourth-order valence-electron chi connectivity index (χ4n) is 2.20. The molecule has 0 saturated heterocycles. The van der Waals surface area contributed by atoms with Gasteiger partial charge in [0.2, 0.25) is 0 Å².